The number of amides is 1. The molecule has 0 spiro atoms. The molecule has 0 aromatic carbocycles. The first-order valence-electron chi connectivity index (χ1n) is 4.86. The van der Waals surface area contributed by atoms with Gasteiger partial charge in [-0.15, -0.1) is 5.10 Å². The van der Waals surface area contributed by atoms with E-state index < -0.39 is 0 Å². The maximum absolute atomic E-state index is 11.4. The highest BCUT2D eigenvalue weighted by molar-refractivity contribution is 5.90. The van der Waals surface area contributed by atoms with Crippen molar-refractivity contribution in [3.63, 3.8) is 0 Å². The molecule has 1 saturated heterocycles. The van der Waals surface area contributed by atoms with Gasteiger partial charge in [0, 0.05) is 13.1 Å². The molecule has 0 aliphatic carbocycles. The Bertz CT molecular complexity index is 347. The number of carbonyl (C=O) groups excluding carboxylic acids is 1. The molecular weight excluding hydrogens is 198 g/mol. The fraction of sp³-hybridized carbons (Fsp3) is 0.625. The van der Waals surface area contributed by atoms with Gasteiger partial charge in [0.1, 0.15) is 0 Å². The van der Waals surface area contributed by atoms with Crippen LogP contribution in [-0.2, 0) is 4.84 Å². The molecule has 2 rings (SSSR count). The zero-order valence-electron chi connectivity index (χ0n) is 8.43. The standard InChI is InChI=1S/C8H13N5O2/c1-2-15-11-8(14)7-5-13(12-10-7)6-3-9-4-6/h5-6,9H,2-4H2,1H3,(H,11,14). The van der Waals surface area contributed by atoms with Crippen LogP contribution in [0.4, 0.5) is 0 Å². The zero-order valence-corrected chi connectivity index (χ0v) is 8.43. The smallest absolute Gasteiger partial charge is 0.296 e. The number of nitrogens with zero attached hydrogens (tertiary/aromatic N) is 3. The van der Waals surface area contributed by atoms with Crippen LogP contribution in [0.1, 0.15) is 23.5 Å². The van der Waals surface area contributed by atoms with Crippen molar-refractivity contribution in [3.8, 4) is 0 Å². The first kappa shape index (κ1) is 10.1. The summed E-state index contributed by atoms with van der Waals surface area (Å²) in [5.41, 5.74) is 2.54. The van der Waals surface area contributed by atoms with E-state index in [1.54, 1.807) is 17.8 Å². The lowest BCUT2D eigenvalue weighted by Crippen LogP contribution is -2.43. The molecule has 0 unspecified atom stereocenters. The molecule has 0 saturated carbocycles. The second-order valence-corrected chi connectivity index (χ2v) is 3.26. The largest absolute Gasteiger partial charge is 0.312 e. The number of hydroxylamine groups is 1. The molecule has 0 atom stereocenters. The van der Waals surface area contributed by atoms with Crippen LogP contribution in [0, 0.1) is 0 Å². The minimum absolute atomic E-state index is 0.273. The highest BCUT2D eigenvalue weighted by atomic mass is 16.6. The van der Waals surface area contributed by atoms with Gasteiger partial charge >= 0.3 is 0 Å². The van der Waals surface area contributed by atoms with Gasteiger partial charge in [-0.05, 0) is 6.92 Å². The van der Waals surface area contributed by atoms with Gasteiger partial charge < -0.3 is 5.32 Å². The first-order chi connectivity index (χ1) is 7.31. The lowest BCUT2D eigenvalue weighted by molar-refractivity contribution is 0.0360. The van der Waals surface area contributed by atoms with Gasteiger partial charge in [-0.3, -0.25) is 9.63 Å². The Morgan fingerprint density at radius 2 is 2.60 bits per heavy atom. The normalized spacial score (nSPS) is 16.1. The molecule has 1 aromatic rings. The summed E-state index contributed by atoms with van der Waals surface area (Å²) >= 11 is 0. The molecule has 0 bridgehead atoms. The van der Waals surface area contributed by atoms with Crippen LogP contribution in [0.15, 0.2) is 6.20 Å². The van der Waals surface area contributed by atoms with Gasteiger partial charge in [0.2, 0.25) is 0 Å². The van der Waals surface area contributed by atoms with E-state index in [1.807, 2.05) is 0 Å². The number of nitrogens with one attached hydrogen (secondary N) is 2. The molecule has 15 heavy (non-hydrogen) atoms. The van der Waals surface area contributed by atoms with Gasteiger partial charge in [-0.25, -0.2) is 10.2 Å². The molecular formula is C8H13N5O2. The van der Waals surface area contributed by atoms with Crippen molar-refractivity contribution in [2.45, 2.75) is 13.0 Å². The molecule has 7 heteroatoms. The van der Waals surface area contributed by atoms with Crippen molar-refractivity contribution in [1.82, 2.24) is 25.8 Å². The number of carbonyl (C=O) groups is 1. The average molecular weight is 211 g/mol. The molecule has 7 nitrogen and oxygen atoms in total. The van der Waals surface area contributed by atoms with E-state index in [0.29, 0.717) is 12.6 Å². The van der Waals surface area contributed by atoms with Gasteiger partial charge in [0.25, 0.3) is 5.91 Å². The summed E-state index contributed by atoms with van der Waals surface area (Å²) in [6.07, 6.45) is 1.62. The molecule has 1 amide bonds. The third-order valence-electron chi connectivity index (χ3n) is 2.19. The fourth-order valence-electron chi connectivity index (χ4n) is 1.21. The fourth-order valence-corrected chi connectivity index (χ4v) is 1.21. The summed E-state index contributed by atoms with van der Waals surface area (Å²) in [7, 11) is 0. The Morgan fingerprint density at radius 3 is 3.20 bits per heavy atom. The van der Waals surface area contributed by atoms with Gasteiger partial charge in [-0.2, -0.15) is 0 Å². The van der Waals surface area contributed by atoms with Crippen molar-refractivity contribution in [2.24, 2.45) is 0 Å². The van der Waals surface area contributed by atoms with Crippen LogP contribution in [0.25, 0.3) is 0 Å². The summed E-state index contributed by atoms with van der Waals surface area (Å²) in [5.74, 6) is -0.365. The predicted molar refractivity (Wildman–Crippen MR) is 51.0 cm³/mol. The highest BCUT2D eigenvalue weighted by Gasteiger charge is 2.21. The molecule has 82 valence electrons. The minimum Gasteiger partial charge on any atom is -0.312 e. The quantitative estimate of drug-likeness (QED) is 0.631. The van der Waals surface area contributed by atoms with E-state index in [1.165, 1.54) is 0 Å². The van der Waals surface area contributed by atoms with E-state index in [0.717, 1.165) is 13.1 Å². The van der Waals surface area contributed by atoms with Crippen LogP contribution in [0.3, 0.4) is 0 Å². The number of hydrogen-bond acceptors (Lipinski definition) is 5. The minimum atomic E-state index is -0.365. The van der Waals surface area contributed by atoms with Crippen molar-refractivity contribution >= 4 is 5.91 Å². The molecule has 2 N–H and O–H groups in total. The Hall–Kier alpha value is -1.47. The van der Waals surface area contributed by atoms with E-state index in [-0.39, 0.29) is 11.6 Å². The van der Waals surface area contributed by atoms with Crippen molar-refractivity contribution in [2.75, 3.05) is 19.7 Å². The monoisotopic (exact) mass is 211 g/mol. The second-order valence-electron chi connectivity index (χ2n) is 3.26. The summed E-state index contributed by atoms with van der Waals surface area (Å²) in [6.45, 7) is 3.95. The van der Waals surface area contributed by atoms with E-state index in [9.17, 15) is 4.79 Å². The van der Waals surface area contributed by atoms with Crippen LogP contribution in [0.2, 0.25) is 0 Å². The van der Waals surface area contributed by atoms with Crippen LogP contribution >= 0.6 is 0 Å². The topological polar surface area (TPSA) is 81.1 Å². The van der Waals surface area contributed by atoms with Crippen molar-refractivity contribution < 1.29 is 9.63 Å². The number of hydrogen-bond donors (Lipinski definition) is 2. The highest BCUT2D eigenvalue weighted by Crippen LogP contribution is 2.09. The van der Waals surface area contributed by atoms with E-state index in [4.69, 9.17) is 4.84 Å². The van der Waals surface area contributed by atoms with Crippen LogP contribution < -0.4 is 10.8 Å². The zero-order chi connectivity index (χ0) is 10.7. The van der Waals surface area contributed by atoms with E-state index in [2.05, 4.69) is 21.1 Å². The lowest BCUT2D eigenvalue weighted by atomic mass is 10.2. The Morgan fingerprint density at radius 1 is 1.80 bits per heavy atom. The van der Waals surface area contributed by atoms with Gasteiger partial charge in [0.05, 0.1) is 18.8 Å². The van der Waals surface area contributed by atoms with Crippen molar-refractivity contribution in [3.05, 3.63) is 11.9 Å². The molecule has 1 aliphatic rings. The second kappa shape index (κ2) is 4.37. The average Bonchev–Trinajstić information content (AvgIpc) is 2.60. The van der Waals surface area contributed by atoms with Gasteiger partial charge in [0.15, 0.2) is 5.69 Å². The maximum Gasteiger partial charge on any atom is 0.296 e. The number of aromatic nitrogens is 3. The Kier molecular flexibility index (Phi) is 2.93. The molecule has 2 heterocycles. The van der Waals surface area contributed by atoms with Crippen LogP contribution in [0.5, 0.6) is 0 Å². The molecule has 1 aliphatic heterocycles. The third-order valence-corrected chi connectivity index (χ3v) is 2.19. The van der Waals surface area contributed by atoms with Crippen molar-refractivity contribution in [1.29, 1.82) is 0 Å². The number of rotatable bonds is 4. The third kappa shape index (κ3) is 2.13. The molecule has 1 fully saturated rings. The predicted octanol–water partition coefficient (Wildman–Crippen LogP) is -0.896. The Balaban J connectivity index is 1.96. The summed E-state index contributed by atoms with van der Waals surface area (Å²) < 4.78 is 1.69. The van der Waals surface area contributed by atoms with E-state index >= 15 is 0 Å². The SMILES string of the molecule is CCONC(=O)c1cn(C2CNC2)nn1. The van der Waals surface area contributed by atoms with Crippen LogP contribution in [-0.4, -0.2) is 40.6 Å². The summed E-state index contributed by atoms with van der Waals surface area (Å²) in [6, 6.07) is 0.311. The van der Waals surface area contributed by atoms with Gasteiger partial charge in [-0.1, -0.05) is 5.21 Å². The first-order valence-corrected chi connectivity index (χ1v) is 4.86. The lowest BCUT2D eigenvalue weighted by Gasteiger charge is -2.26. The maximum atomic E-state index is 11.4. The summed E-state index contributed by atoms with van der Waals surface area (Å²) in [5, 5.41) is 10.8. The summed E-state index contributed by atoms with van der Waals surface area (Å²) in [4.78, 5) is 16.1. The Labute approximate surface area is 86.7 Å². The molecule has 1 aromatic heterocycles. The molecule has 0 radical (unpaired) electrons.